The van der Waals surface area contributed by atoms with Crippen molar-refractivity contribution in [1.82, 2.24) is 0 Å². The molecule has 0 aliphatic carbocycles. The smallest absolute Gasteiger partial charge is 0.330 e. The zero-order valence-corrected chi connectivity index (χ0v) is 12.3. The summed E-state index contributed by atoms with van der Waals surface area (Å²) < 4.78 is 26.2. The van der Waals surface area contributed by atoms with Gasteiger partial charge in [0.1, 0.15) is 36.9 Å². The van der Waals surface area contributed by atoms with Gasteiger partial charge in [0.15, 0.2) is 0 Å². The van der Waals surface area contributed by atoms with Crippen LogP contribution in [0.3, 0.4) is 0 Å². The molecule has 2 atom stereocenters. The second kappa shape index (κ2) is 6.81. The SMILES string of the molecule is COC(=O)C=Cc1cc(OCC2CO2)ccc1OCC1CO1. The predicted octanol–water partition coefficient (Wildman–Crippen LogP) is 1.43. The van der Waals surface area contributed by atoms with E-state index in [9.17, 15) is 4.79 Å². The third-order valence-corrected chi connectivity index (χ3v) is 3.25. The fraction of sp³-hybridized carbons (Fsp3) is 0.438. The van der Waals surface area contributed by atoms with Gasteiger partial charge in [-0.1, -0.05) is 0 Å². The lowest BCUT2D eigenvalue weighted by molar-refractivity contribution is -0.134. The van der Waals surface area contributed by atoms with Gasteiger partial charge in [-0.3, -0.25) is 0 Å². The summed E-state index contributed by atoms with van der Waals surface area (Å²) in [5.41, 5.74) is 0.750. The van der Waals surface area contributed by atoms with E-state index in [0.29, 0.717) is 24.7 Å². The quantitative estimate of drug-likeness (QED) is 0.411. The topological polar surface area (TPSA) is 69.8 Å². The van der Waals surface area contributed by atoms with Crippen molar-refractivity contribution in [3.05, 3.63) is 29.8 Å². The second-order valence-corrected chi connectivity index (χ2v) is 5.09. The summed E-state index contributed by atoms with van der Waals surface area (Å²) in [4.78, 5) is 11.3. The maximum Gasteiger partial charge on any atom is 0.330 e. The Morgan fingerprint density at radius 3 is 2.55 bits per heavy atom. The maximum absolute atomic E-state index is 11.3. The number of hydrogen-bond acceptors (Lipinski definition) is 6. The van der Waals surface area contributed by atoms with Gasteiger partial charge in [0.05, 0.1) is 20.3 Å². The molecule has 6 heteroatoms. The molecule has 0 aromatic heterocycles. The molecule has 6 nitrogen and oxygen atoms in total. The monoisotopic (exact) mass is 306 g/mol. The number of esters is 1. The van der Waals surface area contributed by atoms with Crippen molar-refractivity contribution in [2.75, 3.05) is 33.5 Å². The lowest BCUT2D eigenvalue weighted by Gasteiger charge is -2.11. The third kappa shape index (κ3) is 4.47. The number of methoxy groups -OCH3 is 1. The Hall–Kier alpha value is -2.05. The van der Waals surface area contributed by atoms with E-state index >= 15 is 0 Å². The van der Waals surface area contributed by atoms with E-state index in [1.165, 1.54) is 13.2 Å². The van der Waals surface area contributed by atoms with Gasteiger partial charge in [-0.05, 0) is 24.3 Å². The maximum atomic E-state index is 11.3. The van der Waals surface area contributed by atoms with Crippen LogP contribution in [0.1, 0.15) is 5.56 Å². The molecule has 0 saturated carbocycles. The fourth-order valence-corrected chi connectivity index (χ4v) is 1.80. The van der Waals surface area contributed by atoms with Gasteiger partial charge < -0.3 is 23.7 Å². The van der Waals surface area contributed by atoms with E-state index in [2.05, 4.69) is 4.74 Å². The number of hydrogen-bond donors (Lipinski definition) is 0. The molecule has 0 N–H and O–H groups in total. The van der Waals surface area contributed by atoms with E-state index in [-0.39, 0.29) is 12.2 Å². The van der Waals surface area contributed by atoms with E-state index in [0.717, 1.165) is 18.8 Å². The molecule has 2 heterocycles. The van der Waals surface area contributed by atoms with Crippen LogP contribution in [0.5, 0.6) is 11.5 Å². The van der Waals surface area contributed by atoms with Crippen molar-refractivity contribution in [3.8, 4) is 11.5 Å². The van der Waals surface area contributed by atoms with Crippen molar-refractivity contribution in [3.63, 3.8) is 0 Å². The molecular formula is C16H18O6. The summed E-state index contributed by atoms with van der Waals surface area (Å²) in [5.74, 6) is 0.954. The van der Waals surface area contributed by atoms with Crippen LogP contribution in [0.15, 0.2) is 24.3 Å². The van der Waals surface area contributed by atoms with E-state index in [4.69, 9.17) is 18.9 Å². The number of epoxide rings is 2. The molecule has 2 aliphatic rings. The summed E-state index contributed by atoms with van der Waals surface area (Å²) >= 11 is 0. The Bertz CT molecular complexity index is 560. The highest BCUT2D eigenvalue weighted by atomic mass is 16.6. The summed E-state index contributed by atoms with van der Waals surface area (Å²) in [6, 6.07) is 5.48. The minimum atomic E-state index is -0.422. The van der Waals surface area contributed by atoms with Gasteiger partial charge in [-0.25, -0.2) is 4.79 Å². The molecule has 3 rings (SSSR count). The minimum Gasteiger partial charge on any atom is -0.491 e. The number of carbonyl (C=O) groups excluding carboxylic acids is 1. The minimum absolute atomic E-state index is 0.167. The largest absolute Gasteiger partial charge is 0.491 e. The van der Waals surface area contributed by atoms with Crippen molar-refractivity contribution in [1.29, 1.82) is 0 Å². The van der Waals surface area contributed by atoms with E-state index in [1.54, 1.807) is 6.08 Å². The molecule has 2 aliphatic heterocycles. The summed E-state index contributed by atoms with van der Waals surface area (Å²) in [5, 5.41) is 0. The van der Waals surface area contributed by atoms with Crippen LogP contribution in [0.2, 0.25) is 0 Å². The fourth-order valence-electron chi connectivity index (χ4n) is 1.80. The van der Waals surface area contributed by atoms with Crippen molar-refractivity contribution < 1.29 is 28.5 Å². The first kappa shape index (κ1) is 14.9. The average molecular weight is 306 g/mol. The predicted molar refractivity (Wildman–Crippen MR) is 78.0 cm³/mol. The number of ether oxygens (including phenoxy) is 5. The molecule has 0 bridgehead atoms. The lowest BCUT2D eigenvalue weighted by Crippen LogP contribution is -2.06. The van der Waals surface area contributed by atoms with Crippen molar-refractivity contribution >= 4 is 12.0 Å². The van der Waals surface area contributed by atoms with Crippen LogP contribution >= 0.6 is 0 Å². The first-order chi connectivity index (χ1) is 10.7. The Morgan fingerprint density at radius 2 is 1.91 bits per heavy atom. The summed E-state index contributed by atoms with van der Waals surface area (Å²) in [6.45, 7) is 2.50. The highest BCUT2D eigenvalue weighted by Gasteiger charge is 2.24. The highest BCUT2D eigenvalue weighted by Crippen LogP contribution is 2.27. The Labute approximate surface area is 128 Å². The van der Waals surface area contributed by atoms with Crippen LogP contribution in [0, 0.1) is 0 Å². The van der Waals surface area contributed by atoms with Gasteiger partial charge >= 0.3 is 5.97 Å². The van der Waals surface area contributed by atoms with Gasteiger partial charge in [0.25, 0.3) is 0 Å². The van der Waals surface area contributed by atoms with E-state index in [1.807, 2.05) is 18.2 Å². The van der Waals surface area contributed by atoms with Gasteiger partial charge in [0.2, 0.25) is 0 Å². The third-order valence-electron chi connectivity index (χ3n) is 3.25. The Kier molecular flexibility index (Phi) is 4.60. The van der Waals surface area contributed by atoms with Gasteiger partial charge in [0, 0.05) is 11.6 Å². The normalized spacial score (nSPS) is 22.4. The molecule has 1 aromatic carbocycles. The van der Waals surface area contributed by atoms with Crippen LogP contribution in [-0.2, 0) is 19.0 Å². The average Bonchev–Trinajstić information content (AvgIpc) is 3.43. The number of carbonyl (C=O) groups is 1. The van der Waals surface area contributed by atoms with Crippen LogP contribution < -0.4 is 9.47 Å². The molecular weight excluding hydrogens is 288 g/mol. The zero-order valence-electron chi connectivity index (χ0n) is 12.3. The standard InChI is InChI=1S/C16H18O6/c1-18-16(17)5-2-11-6-12(19-7-13-8-20-13)3-4-15(11)22-10-14-9-21-14/h2-6,13-14H,7-10H2,1H3. The van der Waals surface area contributed by atoms with Gasteiger partial charge in [-0.2, -0.15) is 0 Å². The Balaban J connectivity index is 1.70. The molecule has 118 valence electrons. The molecule has 2 fully saturated rings. The molecule has 0 amide bonds. The van der Waals surface area contributed by atoms with Gasteiger partial charge in [-0.15, -0.1) is 0 Å². The zero-order chi connectivity index (χ0) is 15.4. The molecule has 0 spiro atoms. The molecule has 0 radical (unpaired) electrons. The van der Waals surface area contributed by atoms with Crippen LogP contribution in [-0.4, -0.2) is 51.7 Å². The molecule has 22 heavy (non-hydrogen) atoms. The van der Waals surface area contributed by atoms with Crippen molar-refractivity contribution in [2.45, 2.75) is 12.2 Å². The second-order valence-electron chi connectivity index (χ2n) is 5.09. The van der Waals surface area contributed by atoms with Crippen molar-refractivity contribution in [2.24, 2.45) is 0 Å². The number of benzene rings is 1. The summed E-state index contributed by atoms with van der Waals surface area (Å²) in [7, 11) is 1.34. The molecule has 1 aromatic rings. The highest BCUT2D eigenvalue weighted by molar-refractivity contribution is 5.87. The summed E-state index contributed by atoms with van der Waals surface area (Å²) in [6.07, 6.45) is 3.36. The molecule has 2 saturated heterocycles. The van der Waals surface area contributed by atoms with Crippen LogP contribution in [0.4, 0.5) is 0 Å². The van der Waals surface area contributed by atoms with E-state index < -0.39 is 5.97 Å². The molecule has 2 unspecified atom stereocenters. The Morgan fingerprint density at radius 1 is 1.23 bits per heavy atom. The number of rotatable bonds is 8. The lowest BCUT2D eigenvalue weighted by atomic mass is 10.1. The first-order valence-corrected chi connectivity index (χ1v) is 7.13. The first-order valence-electron chi connectivity index (χ1n) is 7.13. The van der Waals surface area contributed by atoms with Crippen LogP contribution in [0.25, 0.3) is 6.08 Å².